The van der Waals surface area contributed by atoms with Crippen molar-refractivity contribution in [3.8, 4) is 0 Å². The minimum Gasteiger partial charge on any atom is -0.295 e. The summed E-state index contributed by atoms with van der Waals surface area (Å²) in [6.45, 7) is 2.45. The van der Waals surface area contributed by atoms with Crippen molar-refractivity contribution in [3.05, 3.63) is 71.3 Å². The molecule has 0 N–H and O–H groups in total. The molecule has 1 nitrogen and oxygen atoms in total. The molecule has 102 valence electrons. The normalized spacial score (nSPS) is 25.8. The molecule has 0 saturated carbocycles. The molecule has 0 spiro atoms. The number of nitrogens with zero attached hydrogens (tertiary/aromatic N) is 1. The van der Waals surface area contributed by atoms with Crippen LogP contribution in [0.4, 0.5) is 0 Å². The molecule has 2 aromatic carbocycles. The molecular weight excluding hydrogens is 242 g/mol. The van der Waals surface area contributed by atoms with E-state index in [1.807, 2.05) is 0 Å². The fourth-order valence-corrected chi connectivity index (χ4v) is 4.00. The second-order valence-electron chi connectivity index (χ2n) is 6.10. The van der Waals surface area contributed by atoms with Gasteiger partial charge in [0.05, 0.1) is 0 Å². The van der Waals surface area contributed by atoms with E-state index in [0.717, 1.165) is 0 Å². The van der Waals surface area contributed by atoms with Gasteiger partial charge in [-0.05, 0) is 36.1 Å². The van der Waals surface area contributed by atoms with Gasteiger partial charge in [-0.1, -0.05) is 61.0 Å². The predicted molar refractivity (Wildman–Crippen MR) is 82.9 cm³/mol. The van der Waals surface area contributed by atoms with Crippen LogP contribution in [0.15, 0.2) is 54.6 Å². The van der Waals surface area contributed by atoms with Crippen molar-refractivity contribution in [1.29, 1.82) is 0 Å². The monoisotopic (exact) mass is 263 g/mol. The largest absolute Gasteiger partial charge is 0.295 e. The average Bonchev–Trinajstić information content (AvgIpc) is 2.55. The number of piperidine rings is 1. The van der Waals surface area contributed by atoms with Crippen molar-refractivity contribution in [2.45, 2.75) is 31.2 Å². The van der Waals surface area contributed by atoms with E-state index >= 15 is 0 Å². The maximum absolute atomic E-state index is 2.71. The highest BCUT2D eigenvalue weighted by Gasteiger charge is 2.34. The highest BCUT2D eigenvalue weighted by Crippen LogP contribution is 2.43. The zero-order chi connectivity index (χ0) is 13.4. The van der Waals surface area contributed by atoms with Crippen molar-refractivity contribution < 1.29 is 0 Å². The summed E-state index contributed by atoms with van der Waals surface area (Å²) in [6.07, 6.45) is 4.07. The first-order valence-corrected chi connectivity index (χ1v) is 7.81. The number of benzene rings is 2. The summed E-state index contributed by atoms with van der Waals surface area (Å²) in [5.41, 5.74) is 4.60. The van der Waals surface area contributed by atoms with Gasteiger partial charge in [0.15, 0.2) is 0 Å². The molecule has 0 unspecified atom stereocenters. The van der Waals surface area contributed by atoms with E-state index < -0.39 is 0 Å². The van der Waals surface area contributed by atoms with Crippen LogP contribution in [0.5, 0.6) is 0 Å². The van der Waals surface area contributed by atoms with Gasteiger partial charge in [-0.25, -0.2) is 0 Å². The molecule has 20 heavy (non-hydrogen) atoms. The third kappa shape index (κ3) is 1.97. The van der Waals surface area contributed by atoms with Crippen molar-refractivity contribution in [3.63, 3.8) is 0 Å². The molecule has 0 aromatic heterocycles. The number of fused-ring (bicyclic) bond motifs is 3. The van der Waals surface area contributed by atoms with Crippen LogP contribution in [0.25, 0.3) is 0 Å². The Balaban J connectivity index is 1.81. The minimum atomic E-state index is 0.543. The number of hydrogen-bond acceptors (Lipinski definition) is 1. The third-order valence-electron chi connectivity index (χ3n) is 4.96. The summed E-state index contributed by atoms with van der Waals surface area (Å²) in [6, 6.07) is 20.8. The van der Waals surface area contributed by atoms with Gasteiger partial charge in [0.1, 0.15) is 0 Å². The Bertz CT molecular complexity index is 590. The van der Waals surface area contributed by atoms with Crippen LogP contribution in [0, 0.1) is 0 Å². The van der Waals surface area contributed by atoms with E-state index in [-0.39, 0.29) is 0 Å². The molecule has 2 aliphatic heterocycles. The summed E-state index contributed by atoms with van der Waals surface area (Å²) in [7, 11) is 0. The summed E-state index contributed by atoms with van der Waals surface area (Å²) in [5.74, 6) is 0.543. The molecule has 0 aliphatic carbocycles. The Morgan fingerprint density at radius 3 is 2.40 bits per heavy atom. The highest BCUT2D eigenvalue weighted by molar-refractivity contribution is 5.42. The lowest BCUT2D eigenvalue weighted by atomic mass is 9.79. The minimum absolute atomic E-state index is 0.543. The highest BCUT2D eigenvalue weighted by atomic mass is 15.2. The Labute approximate surface area is 121 Å². The Hall–Kier alpha value is -1.60. The van der Waals surface area contributed by atoms with Gasteiger partial charge < -0.3 is 0 Å². The molecule has 1 saturated heterocycles. The van der Waals surface area contributed by atoms with Crippen molar-refractivity contribution in [1.82, 2.24) is 4.90 Å². The van der Waals surface area contributed by atoms with E-state index in [1.54, 1.807) is 11.1 Å². The standard InChI is InChI=1S/C19H21N/c1-2-8-15(9-3-1)18-14-20-13-7-6-12-19(20)17-11-5-4-10-16(17)18/h1-5,8-11,18-19H,6-7,12-14H2/t18-,19-/m1/s1. The molecule has 0 bridgehead atoms. The van der Waals surface area contributed by atoms with Crippen LogP contribution in [-0.4, -0.2) is 18.0 Å². The summed E-state index contributed by atoms with van der Waals surface area (Å²) in [5, 5.41) is 0. The zero-order valence-electron chi connectivity index (χ0n) is 11.8. The molecule has 2 aromatic rings. The third-order valence-corrected chi connectivity index (χ3v) is 4.96. The van der Waals surface area contributed by atoms with Gasteiger partial charge in [0.25, 0.3) is 0 Å². The first-order valence-electron chi connectivity index (χ1n) is 7.81. The zero-order valence-corrected chi connectivity index (χ0v) is 11.8. The smallest absolute Gasteiger partial charge is 0.0351 e. The van der Waals surface area contributed by atoms with Gasteiger partial charge in [-0.2, -0.15) is 0 Å². The van der Waals surface area contributed by atoms with Crippen molar-refractivity contribution >= 4 is 0 Å². The Kier molecular flexibility index (Phi) is 3.08. The number of hydrogen-bond donors (Lipinski definition) is 0. The van der Waals surface area contributed by atoms with E-state index in [2.05, 4.69) is 59.5 Å². The summed E-state index contributed by atoms with van der Waals surface area (Å²) >= 11 is 0. The van der Waals surface area contributed by atoms with Gasteiger partial charge in [0.2, 0.25) is 0 Å². The van der Waals surface area contributed by atoms with E-state index in [0.29, 0.717) is 12.0 Å². The molecule has 2 aliphatic rings. The van der Waals surface area contributed by atoms with Crippen LogP contribution in [0.1, 0.15) is 47.9 Å². The second-order valence-corrected chi connectivity index (χ2v) is 6.10. The fourth-order valence-electron chi connectivity index (χ4n) is 4.00. The van der Waals surface area contributed by atoms with Crippen LogP contribution >= 0.6 is 0 Å². The maximum atomic E-state index is 2.71. The van der Waals surface area contributed by atoms with E-state index in [4.69, 9.17) is 0 Å². The van der Waals surface area contributed by atoms with Gasteiger partial charge in [-0.3, -0.25) is 4.90 Å². The Morgan fingerprint density at radius 1 is 0.800 bits per heavy atom. The summed E-state index contributed by atoms with van der Waals surface area (Å²) in [4.78, 5) is 2.71. The molecule has 4 rings (SSSR count). The average molecular weight is 263 g/mol. The first-order chi connectivity index (χ1) is 9.93. The second kappa shape index (κ2) is 5.06. The lowest BCUT2D eigenvalue weighted by molar-refractivity contribution is 0.130. The van der Waals surface area contributed by atoms with Crippen molar-refractivity contribution in [2.75, 3.05) is 13.1 Å². The van der Waals surface area contributed by atoms with E-state index in [1.165, 1.54) is 37.9 Å². The first kappa shape index (κ1) is 12.2. The molecule has 0 radical (unpaired) electrons. The lowest BCUT2D eigenvalue weighted by Crippen LogP contribution is -2.41. The van der Waals surface area contributed by atoms with Crippen molar-refractivity contribution in [2.24, 2.45) is 0 Å². The number of rotatable bonds is 1. The predicted octanol–water partition coefficient (Wildman–Crippen LogP) is 4.36. The van der Waals surface area contributed by atoms with Gasteiger partial charge >= 0.3 is 0 Å². The Morgan fingerprint density at radius 2 is 1.55 bits per heavy atom. The van der Waals surface area contributed by atoms with Gasteiger partial charge in [-0.15, -0.1) is 0 Å². The van der Waals surface area contributed by atoms with Crippen LogP contribution in [0.3, 0.4) is 0 Å². The lowest BCUT2D eigenvalue weighted by Gasteiger charge is -2.44. The molecule has 2 heterocycles. The quantitative estimate of drug-likeness (QED) is 0.739. The molecule has 1 fully saturated rings. The summed E-state index contributed by atoms with van der Waals surface area (Å²) < 4.78 is 0. The fraction of sp³-hybridized carbons (Fsp3) is 0.368. The molecular formula is C19H21N. The van der Waals surface area contributed by atoms with Crippen LogP contribution in [-0.2, 0) is 0 Å². The van der Waals surface area contributed by atoms with Crippen LogP contribution in [0.2, 0.25) is 0 Å². The molecule has 1 heteroatoms. The van der Waals surface area contributed by atoms with E-state index in [9.17, 15) is 0 Å². The maximum Gasteiger partial charge on any atom is 0.0351 e. The topological polar surface area (TPSA) is 3.24 Å². The van der Waals surface area contributed by atoms with Gasteiger partial charge in [0, 0.05) is 18.5 Å². The molecule has 2 atom stereocenters. The van der Waals surface area contributed by atoms with Crippen LogP contribution < -0.4 is 0 Å². The SMILES string of the molecule is c1ccc([C@H]2CN3CCCC[C@@H]3c3ccccc32)cc1. The molecule has 0 amide bonds.